The van der Waals surface area contributed by atoms with Crippen LogP contribution >= 0.6 is 35.2 Å². The first-order chi connectivity index (χ1) is 28.6. The van der Waals surface area contributed by atoms with Gasteiger partial charge in [0, 0.05) is 37.1 Å². The number of carbonyl (C=O) groups is 3. The number of carbonyl (C=O) groups excluding carboxylic acids is 3. The van der Waals surface area contributed by atoms with Gasteiger partial charge in [-0.05, 0) is 24.8 Å². The summed E-state index contributed by atoms with van der Waals surface area (Å²) in [5.74, 6) is -1.07. The van der Waals surface area contributed by atoms with Gasteiger partial charge in [-0.15, -0.1) is 0 Å². The molecule has 340 valence electrons. The first-order valence-electron chi connectivity index (χ1n) is 18.7. The zero-order valence-corrected chi connectivity index (χ0v) is 36.5. The van der Waals surface area contributed by atoms with E-state index in [4.69, 9.17) is 19.5 Å². The summed E-state index contributed by atoms with van der Waals surface area (Å²) in [4.78, 5) is 88.0. The van der Waals surface area contributed by atoms with Crippen molar-refractivity contribution in [2.24, 2.45) is 5.41 Å². The number of imidazole rings is 1. The van der Waals surface area contributed by atoms with Crippen molar-refractivity contribution in [2.45, 2.75) is 83.0 Å². The molecule has 3 aromatic rings. The van der Waals surface area contributed by atoms with Gasteiger partial charge in [-0.3, -0.25) is 32.5 Å². The lowest BCUT2D eigenvalue weighted by atomic mass is 9.87. The van der Waals surface area contributed by atoms with E-state index in [-0.39, 0.29) is 41.6 Å². The fourth-order valence-corrected chi connectivity index (χ4v) is 9.34. The van der Waals surface area contributed by atoms with Gasteiger partial charge in [0.2, 0.25) is 11.8 Å². The number of aryl methyl sites for hydroxylation is 1. The molecule has 0 spiro atoms. The fourth-order valence-electron chi connectivity index (χ4n) is 5.79. The Balaban J connectivity index is 1.16. The number of phosphoric ester groups is 3. The molecule has 2 unspecified atom stereocenters. The van der Waals surface area contributed by atoms with Gasteiger partial charge in [0.25, 0.3) is 0 Å². The molecule has 0 radical (unpaired) electrons. The number of anilines is 1. The quantitative estimate of drug-likeness (QED) is 0.0429. The van der Waals surface area contributed by atoms with Crippen molar-refractivity contribution in [1.29, 1.82) is 0 Å². The van der Waals surface area contributed by atoms with Crippen LogP contribution in [-0.4, -0.2) is 123 Å². The summed E-state index contributed by atoms with van der Waals surface area (Å²) in [6, 6.07) is 10.1. The van der Waals surface area contributed by atoms with Crippen molar-refractivity contribution in [3.8, 4) is 0 Å². The van der Waals surface area contributed by atoms with Crippen molar-refractivity contribution in [2.75, 3.05) is 37.8 Å². The summed E-state index contributed by atoms with van der Waals surface area (Å²) in [5.41, 5.74) is 5.53. The van der Waals surface area contributed by atoms with E-state index in [2.05, 4.69) is 46.6 Å². The number of hydrogen-bond donors (Lipinski definition) is 9. The van der Waals surface area contributed by atoms with Crippen LogP contribution in [0, 0.1) is 5.41 Å². The Morgan fingerprint density at radius 1 is 0.967 bits per heavy atom. The molecule has 1 saturated heterocycles. The Bertz CT molecular complexity index is 2100. The predicted octanol–water partition coefficient (Wildman–Crippen LogP) is 1.47. The molecule has 0 aliphatic carbocycles. The third-order valence-corrected chi connectivity index (χ3v) is 13.0. The van der Waals surface area contributed by atoms with Gasteiger partial charge in [-0.25, -0.2) is 28.6 Å². The SMILES string of the molecule is CC(C)(COP(=O)(O)OP(=O)(O)OC[C@H]1O[C@@H](n2cnc3c(N)ncnc32)[C@H](O)[C@@H]1OP(=O)(O)O)[C@@H](O)C(=O)NCCC(=O)NCCSC(=O)CCCCCc1ccccc1. The molecule has 2 amide bonds. The topological polar surface area (TPSA) is 364 Å². The smallest absolute Gasteiger partial charge is 0.386 e. The molecule has 7 atom stereocenters. The van der Waals surface area contributed by atoms with Crippen LogP contribution in [0.1, 0.15) is 57.7 Å². The predicted molar refractivity (Wildman–Crippen MR) is 216 cm³/mol. The van der Waals surface area contributed by atoms with E-state index in [9.17, 15) is 57.9 Å². The highest BCUT2D eigenvalue weighted by atomic mass is 32.2. The number of nitrogens with one attached hydrogen (secondary N) is 2. The van der Waals surface area contributed by atoms with Crippen LogP contribution in [-0.2, 0) is 57.1 Å². The van der Waals surface area contributed by atoms with Gasteiger partial charge in [0.15, 0.2) is 22.8 Å². The maximum Gasteiger partial charge on any atom is 0.481 e. The molecule has 0 bridgehead atoms. The molecule has 28 heteroatoms. The maximum atomic E-state index is 12.7. The number of unbranched alkanes of at least 4 members (excludes halogenated alkanes) is 2. The van der Waals surface area contributed by atoms with Gasteiger partial charge in [-0.1, -0.05) is 62.4 Å². The number of thioether (sulfide) groups is 1. The Morgan fingerprint density at radius 2 is 1.67 bits per heavy atom. The number of benzene rings is 1. The standard InChI is InChI=1S/C33H50N7O17P3S/c1-33(2,28(44)31(45)36-14-13-23(41)35-15-16-61-24(42)12-8-4-7-11-21-9-5-3-6-10-21)18-54-60(51,52)57-59(49,50)53-17-22-27(56-58(46,47)48)26(43)32(55-22)40-20-39-25-29(34)37-19-38-30(25)40/h3,5-6,9-10,19-20,22,26-28,32,43-44H,4,7-8,11-18H2,1-2H3,(H,35,41)(H,36,45)(H,49,50)(H,51,52)(H2,34,37,38)(H2,46,47,48)/t22-,26-,27-,28+,32-/m1/s1. The second kappa shape index (κ2) is 22.4. The molecule has 4 rings (SSSR count). The fraction of sp³-hybridized carbons (Fsp3) is 0.576. The average Bonchev–Trinajstić information content (AvgIpc) is 3.74. The van der Waals surface area contributed by atoms with Crippen molar-refractivity contribution < 1.29 is 80.5 Å². The van der Waals surface area contributed by atoms with E-state index in [1.165, 1.54) is 19.4 Å². The molecular weight excluding hydrogens is 891 g/mol. The third-order valence-electron chi connectivity index (χ3n) is 8.95. The number of nitrogens with two attached hydrogens (primary N) is 1. The monoisotopic (exact) mass is 941 g/mol. The largest absolute Gasteiger partial charge is 0.481 e. The summed E-state index contributed by atoms with van der Waals surface area (Å²) in [6.45, 7) is 0.529. The number of phosphoric acid groups is 3. The number of amides is 2. The zero-order valence-electron chi connectivity index (χ0n) is 33.0. The molecule has 10 N–H and O–H groups in total. The van der Waals surface area contributed by atoms with Crippen LogP contribution in [0.15, 0.2) is 43.0 Å². The highest BCUT2D eigenvalue weighted by Gasteiger charge is 2.50. The van der Waals surface area contributed by atoms with Crippen LogP contribution in [0.4, 0.5) is 5.82 Å². The lowest BCUT2D eigenvalue weighted by Crippen LogP contribution is -2.46. The summed E-state index contributed by atoms with van der Waals surface area (Å²) >= 11 is 1.12. The number of rotatable bonds is 25. The van der Waals surface area contributed by atoms with Crippen LogP contribution in [0.5, 0.6) is 0 Å². The van der Waals surface area contributed by atoms with Crippen LogP contribution in [0.2, 0.25) is 0 Å². The number of nitrogens with zero attached hydrogens (tertiary/aromatic N) is 4. The minimum absolute atomic E-state index is 0.0310. The number of ether oxygens (including phenoxy) is 1. The van der Waals surface area contributed by atoms with Crippen LogP contribution in [0.3, 0.4) is 0 Å². The Labute approximate surface area is 353 Å². The van der Waals surface area contributed by atoms with Gasteiger partial charge >= 0.3 is 23.5 Å². The van der Waals surface area contributed by atoms with E-state index in [1.807, 2.05) is 18.2 Å². The first-order valence-corrected chi connectivity index (χ1v) is 24.2. The number of aliphatic hydroxyl groups excluding tert-OH is 2. The molecule has 61 heavy (non-hydrogen) atoms. The molecule has 1 fully saturated rings. The summed E-state index contributed by atoms with van der Waals surface area (Å²) in [5, 5.41) is 26.5. The molecule has 1 aromatic carbocycles. The van der Waals surface area contributed by atoms with Gasteiger partial charge in [0.1, 0.15) is 36.3 Å². The Hall–Kier alpha value is -3.22. The minimum Gasteiger partial charge on any atom is -0.386 e. The van der Waals surface area contributed by atoms with E-state index in [1.54, 1.807) is 0 Å². The molecule has 3 heterocycles. The van der Waals surface area contributed by atoms with Gasteiger partial charge in [-0.2, -0.15) is 4.31 Å². The van der Waals surface area contributed by atoms with Crippen molar-refractivity contribution in [3.63, 3.8) is 0 Å². The summed E-state index contributed by atoms with van der Waals surface area (Å²) in [6.07, 6.45) is -2.81. The number of fused-ring (bicyclic) bond motifs is 1. The van der Waals surface area contributed by atoms with Crippen molar-refractivity contribution >= 4 is 69.1 Å². The Kier molecular flexibility index (Phi) is 18.5. The van der Waals surface area contributed by atoms with E-state index in [0.717, 1.165) is 54.7 Å². The molecule has 1 aliphatic rings. The summed E-state index contributed by atoms with van der Waals surface area (Å²) < 4.78 is 62.3. The van der Waals surface area contributed by atoms with Crippen LogP contribution < -0.4 is 16.4 Å². The molecule has 0 saturated carbocycles. The van der Waals surface area contributed by atoms with Crippen molar-refractivity contribution in [3.05, 3.63) is 48.5 Å². The first kappa shape index (κ1) is 50.4. The molecule has 2 aromatic heterocycles. The Morgan fingerprint density at radius 3 is 2.38 bits per heavy atom. The lowest BCUT2D eigenvalue weighted by Gasteiger charge is -2.30. The highest BCUT2D eigenvalue weighted by molar-refractivity contribution is 8.13. The summed E-state index contributed by atoms with van der Waals surface area (Å²) in [7, 11) is -16.4. The third kappa shape index (κ3) is 16.1. The molecule has 1 aliphatic heterocycles. The number of aromatic nitrogens is 4. The normalized spacial score (nSPS) is 20.8. The number of hydrogen-bond acceptors (Lipinski definition) is 18. The minimum atomic E-state index is -5.57. The van der Waals surface area contributed by atoms with Crippen molar-refractivity contribution in [1.82, 2.24) is 30.2 Å². The van der Waals surface area contributed by atoms with Gasteiger partial charge < -0.3 is 50.9 Å². The lowest BCUT2D eigenvalue weighted by molar-refractivity contribution is -0.137. The second-order valence-corrected chi connectivity index (χ2v) is 19.7. The number of aliphatic hydroxyl groups is 2. The molecule has 24 nitrogen and oxygen atoms in total. The average molecular weight is 942 g/mol. The number of nitrogen functional groups attached to an aromatic ring is 1. The van der Waals surface area contributed by atoms with E-state index >= 15 is 0 Å². The van der Waals surface area contributed by atoms with E-state index in [0.29, 0.717) is 12.2 Å². The van der Waals surface area contributed by atoms with E-state index < -0.39 is 84.6 Å². The van der Waals surface area contributed by atoms with Crippen LogP contribution in [0.25, 0.3) is 11.2 Å². The maximum absolute atomic E-state index is 12.7. The highest BCUT2D eigenvalue weighted by Crippen LogP contribution is 2.61. The zero-order chi connectivity index (χ0) is 45.0. The molecular formula is C33H50N7O17P3S. The second-order valence-electron chi connectivity index (χ2n) is 14.3. The van der Waals surface area contributed by atoms with Gasteiger partial charge in [0.05, 0.1) is 19.5 Å².